The fourth-order valence-electron chi connectivity index (χ4n) is 0. The minimum Gasteiger partial charge on any atom is 0 e. The SMILES string of the molecule is [Ag+].[Ag].[Fe+2].[Fe+2].[Fe+3].[Fe+3]. The van der Waals surface area contributed by atoms with Gasteiger partial charge in [-0.25, -0.2) is 0 Å². The normalized spacial score (nSPS) is 0. The Labute approximate surface area is 111 Å². The van der Waals surface area contributed by atoms with E-state index in [1.807, 2.05) is 0 Å². The van der Waals surface area contributed by atoms with Crippen LogP contribution in [-0.2, 0) is 113 Å². The first-order valence-electron chi connectivity index (χ1n) is 0. The summed E-state index contributed by atoms with van der Waals surface area (Å²) >= 11 is 0. The molecule has 0 aromatic rings. The molecule has 0 unspecified atom stereocenters. The Morgan fingerprint density at radius 1 is 0.667 bits per heavy atom. The van der Waals surface area contributed by atoms with E-state index in [9.17, 15) is 0 Å². The summed E-state index contributed by atoms with van der Waals surface area (Å²) in [6.07, 6.45) is 0. The van der Waals surface area contributed by atoms with Crippen LogP contribution in [0.4, 0.5) is 0 Å². The molecule has 0 bridgehead atoms. The minimum absolute atomic E-state index is 0. The van der Waals surface area contributed by atoms with Gasteiger partial charge in [0.1, 0.15) is 0 Å². The molecule has 43 valence electrons. The van der Waals surface area contributed by atoms with Gasteiger partial charge in [0.15, 0.2) is 0 Å². The molecule has 3 radical (unpaired) electrons. The monoisotopic (exact) mass is 438 g/mol. The van der Waals surface area contributed by atoms with Gasteiger partial charge in [-0.05, 0) is 0 Å². The smallest absolute Gasteiger partial charge is 0 e. The molecule has 0 spiro atoms. The zero-order chi connectivity index (χ0) is 0. The second kappa shape index (κ2) is 38.6. The first-order chi connectivity index (χ1) is 0. The van der Waals surface area contributed by atoms with E-state index >= 15 is 0 Å². The van der Waals surface area contributed by atoms with E-state index in [-0.39, 0.29) is 113 Å². The third-order valence-electron chi connectivity index (χ3n) is 0. The van der Waals surface area contributed by atoms with Crippen molar-refractivity contribution in [1.82, 2.24) is 0 Å². The van der Waals surface area contributed by atoms with Gasteiger partial charge in [0.05, 0.1) is 0 Å². The van der Waals surface area contributed by atoms with Crippen LogP contribution in [0.5, 0.6) is 0 Å². The van der Waals surface area contributed by atoms with Crippen molar-refractivity contribution in [2.45, 2.75) is 0 Å². The van der Waals surface area contributed by atoms with Crippen molar-refractivity contribution in [1.29, 1.82) is 0 Å². The van der Waals surface area contributed by atoms with Crippen molar-refractivity contribution in [3.05, 3.63) is 0 Å². The summed E-state index contributed by atoms with van der Waals surface area (Å²) in [5, 5.41) is 0. The second-order valence-electron chi connectivity index (χ2n) is 0. The van der Waals surface area contributed by atoms with Gasteiger partial charge in [0, 0.05) is 22.4 Å². The van der Waals surface area contributed by atoms with Crippen LogP contribution in [0, 0.1) is 0 Å². The van der Waals surface area contributed by atoms with Crippen molar-refractivity contribution in [2.24, 2.45) is 0 Å². The van der Waals surface area contributed by atoms with E-state index in [0.29, 0.717) is 0 Å². The van der Waals surface area contributed by atoms with Crippen LogP contribution in [-0.4, -0.2) is 0 Å². The number of rotatable bonds is 0. The fourth-order valence-corrected chi connectivity index (χ4v) is 0. The summed E-state index contributed by atoms with van der Waals surface area (Å²) in [5.41, 5.74) is 0. The van der Waals surface area contributed by atoms with Crippen molar-refractivity contribution in [2.75, 3.05) is 0 Å². The first-order valence-corrected chi connectivity index (χ1v) is 0. The van der Waals surface area contributed by atoms with E-state index in [1.165, 1.54) is 0 Å². The molecule has 0 fully saturated rings. The van der Waals surface area contributed by atoms with E-state index in [4.69, 9.17) is 0 Å². The van der Waals surface area contributed by atoms with Gasteiger partial charge in [0.2, 0.25) is 0 Å². The largest absolute Gasteiger partial charge is 3.00 e. The molecule has 0 aliphatic heterocycles. The van der Waals surface area contributed by atoms with Crippen molar-refractivity contribution >= 4 is 0 Å². The maximum absolute atomic E-state index is 0. The number of hydrogen-bond donors (Lipinski definition) is 0. The molecule has 0 aromatic carbocycles. The summed E-state index contributed by atoms with van der Waals surface area (Å²) in [5.74, 6) is 0. The average Bonchev–Trinajstić information content (AvgIpc) is 0. The molecule has 6 heteroatoms. The van der Waals surface area contributed by atoms with Crippen molar-refractivity contribution in [3.8, 4) is 0 Å². The van der Waals surface area contributed by atoms with Crippen LogP contribution in [0.15, 0.2) is 0 Å². The molecule has 0 amide bonds. The van der Waals surface area contributed by atoms with Crippen LogP contribution >= 0.6 is 0 Å². The minimum atomic E-state index is 0. The van der Waals surface area contributed by atoms with E-state index in [2.05, 4.69) is 0 Å². The summed E-state index contributed by atoms with van der Waals surface area (Å²) in [7, 11) is 0. The third-order valence-corrected chi connectivity index (χ3v) is 0. The first kappa shape index (κ1) is 55.3. The van der Waals surface area contributed by atoms with E-state index < -0.39 is 0 Å². The predicted octanol–water partition coefficient (Wildman–Crippen LogP) is -0.0150. The van der Waals surface area contributed by atoms with Gasteiger partial charge in [-0.1, -0.05) is 0 Å². The molecule has 0 N–H and O–H groups in total. The van der Waals surface area contributed by atoms with Crippen LogP contribution in [0.1, 0.15) is 0 Å². The Morgan fingerprint density at radius 2 is 0.667 bits per heavy atom. The Hall–Kier alpha value is 3.56. The zero-order valence-corrected chi connectivity index (χ0v) is 9.40. The topological polar surface area (TPSA) is 0 Å². The fraction of sp³-hybridized carbons (Fsp3) is 0. The Morgan fingerprint density at radius 3 is 0.667 bits per heavy atom. The average molecular weight is 439 g/mol. The molecule has 0 rings (SSSR count). The standard InChI is InChI=1S/2Ag.4Fe/q;+1;2*+2;2*+3. The van der Waals surface area contributed by atoms with Gasteiger partial charge >= 0.3 is 90.7 Å². The quantitative estimate of drug-likeness (QED) is 0.466. The third kappa shape index (κ3) is 25.7. The Balaban J connectivity index is 0. The molecule has 0 saturated heterocycles. The van der Waals surface area contributed by atoms with Crippen LogP contribution in [0.3, 0.4) is 0 Å². The van der Waals surface area contributed by atoms with Crippen LogP contribution in [0.2, 0.25) is 0 Å². The molecule has 0 aliphatic carbocycles. The van der Waals surface area contributed by atoms with Gasteiger partial charge in [0.25, 0.3) is 0 Å². The predicted molar refractivity (Wildman–Crippen MR) is 0 cm³/mol. The molecule has 0 aromatic heterocycles. The Bertz CT molecular complexity index is 5.51. The summed E-state index contributed by atoms with van der Waals surface area (Å²) < 4.78 is 0. The van der Waals surface area contributed by atoms with Crippen molar-refractivity contribution < 1.29 is 113 Å². The summed E-state index contributed by atoms with van der Waals surface area (Å²) in [4.78, 5) is 0. The summed E-state index contributed by atoms with van der Waals surface area (Å²) in [6, 6.07) is 0. The van der Waals surface area contributed by atoms with Gasteiger partial charge in [-0.2, -0.15) is 0 Å². The second-order valence-corrected chi connectivity index (χ2v) is 0. The maximum Gasteiger partial charge on any atom is 3.00 e. The molecule has 0 aliphatic rings. The molecule has 0 saturated carbocycles. The van der Waals surface area contributed by atoms with Crippen molar-refractivity contribution in [3.63, 3.8) is 0 Å². The van der Waals surface area contributed by atoms with Gasteiger partial charge in [-0.15, -0.1) is 0 Å². The van der Waals surface area contributed by atoms with Gasteiger partial charge < -0.3 is 0 Å². The molecule has 0 atom stereocenters. The molecule has 6 heavy (non-hydrogen) atoms. The van der Waals surface area contributed by atoms with Crippen LogP contribution in [0.25, 0.3) is 0 Å². The van der Waals surface area contributed by atoms with Gasteiger partial charge in [-0.3, -0.25) is 0 Å². The molecular weight excluding hydrogens is 439 g/mol. The van der Waals surface area contributed by atoms with Crippen LogP contribution < -0.4 is 0 Å². The van der Waals surface area contributed by atoms with E-state index in [0.717, 1.165) is 0 Å². The molecule has 0 heterocycles. The molecule has 0 nitrogen and oxygen atoms in total. The van der Waals surface area contributed by atoms with E-state index in [1.54, 1.807) is 0 Å². The zero-order valence-electron chi connectivity index (χ0n) is 2.02. The Kier molecular flexibility index (Phi) is 356. The maximum atomic E-state index is 0. The molecular formula is Ag2Fe4+11. The number of hydrogen-bond acceptors (Lipinski definition) is 0. The summed E-state index contributed by atoms with van der Waals surface area (Å²) in [6.45, 7) is 0.